The average molecular weight is 268 g/mol. The van der Waals surface area contributed by atoms with Crippen LogP contribution >= 0.6 is 0 Å². The lowest BCUT2D eigenvalue weighted by atomic mass is 10.1. The molecule has 0 N–H and O–H groups in total. The fourth-order valence-corrected chi connectivity index (χ4v) is 3.42. The van der Waals surface area contributed by atoms with Crippen LogP contribution < -0.4 is 0 Å². The Bertz CT molecular complexity index is 500. The normalized spacial score (nSPS) is 13.3. The van der Waals surface area contributed by atoms with E-state index in [0.29, 0.717) is 5.56 Å². The van der Waals surface area contributed by atoms with Crippen molar-refractivity contribution in [3.8, 4) is 0 Å². The van der Waals surface area contributed by atoms with Gasteiger partial charge >= 0.3 is 0 Å². The van der Waals surface area contributed by atoms with E-state index in [1.807, 2.05) is 32.9 Å². The van der Waals surface area contributed by atoms with Crippen molar-refractivity contribution in [3.63, 3.8) is 0 Å². The largest absolute Gasteiger partial charge is 0.293 e. The minimum atomic E-state index is -3.30. The van der Waals surface area contributed by atoms with Gasteiger partial charge in [0.25, 0.3) is 0 Å². The number of sulfone groups is 1. The monoisotopic (exact) mass is 268 g/mol. The van der Waals surface area contributed by atoms with Gasteiger partial charge in [-0.25, -0.2) is 8.42 Å². The second kappa shape index (κ2) is 6.14. The van der Waals surface area contributed by atoms with Crippen molar-refractivity contribution in [1.29, 1.82) is 0 Å². The molecule has 0 saturated heterocycles. The molecule has 0 radical (unpaired) electrons. The lowest BCUT2D eigenvalue weighted by molar-refractivity contribution is 0.102. The standard InChI is InChI=1S/C14H20O3S/c1-4-11(2)9-18(16,17)10-14(15)13-7-5-12(3)6-8-13/h5-8,11H,4,9-10H2,1-3H3. The van der Waals surface area contributed by atoms with Gasteiger partial charge in [0, 0.05) is 5.56 Å². The third-order valence-corrected chi connectivity index (χ3v) is 4.74. The van der Waals surface area contributed by atoms with Crippen LogP contribution in [0.25, 0.3) is 0 Å². The molecule has 18 heavy (non-hydrogen) atoms. The second-order valence-electron chi connectivity index (χ2n) is 4.86. The van der Waals surface area contributed by atoms with Crippen LogP contribution in [0.3, 0.4) is 0 Å². The van der Waals surface area contributed by atoms with Gasteiger partial charge in [0.05, 0.1) is 5.75 Å². The van der Waals surface area contributed by atoms with Gasteiger partial charge in [0.15, 0.2) is 15.6 Å². The molecule has 0 aliphatic rings. The fourth-order valence-electron chi connectivity index (χ4n) is 1.63. The number of benzene rings is 1. The lowest BCUT2D eigenvalue weighted by Crippen LogP contribution is -2.22. The lowest BCUT2D eigenvalue weighted by Gasteiger charge is -2.09. The molecule has 0 aliphatic carbocycles. The van der Waals surface area contributed by atoms with Crippen molar-refractivity contribution in [2.24, 2.45) is 5.92 Å². The number of hydrogen-bond acceptors (Lipinski definition) is 3. The number of carbonyl (C=O) groups excluding carboxylic acids is 1. The smallest absolute Gasteiger partial charge is 0.177 e. The summed E-state index contributed by atoms with van der Waals surface area (Å²) in [5.74, 6) is -0.527. The molecule has 1 atom stereocenters. The molecule has 1 unspecified atom stereocenters. The zero-order valence-electron chi connectivity index (χ0n) is 11.1. The van der Waals surface area contributed by atoms with Crippen molar-refractivity contribution in [2.75, 3.05) is 11.5 Å². The molecule has 0 aromatic heterocycles. The highest BCUT2D eigenvalue weighted by Gasteiger charge is 2.20. The first-order valence-electron chi connectivity index (χ1n) is 6.14. The van der Waals surface area contributed by atoms with Crippen LogP contribution in [0.15, 0.2) is 24.3 Å². The maximum Gasteiger partial charge on any atom is 0.177 e. The van der Waals surface area contributed by atoms with Crippen LogP contribution in [0.2, 0.25) is 0 Å². The van der Waals surface area contributed by atoms with Crippen molar-refractivity contribution in [3.05, 3.63) is 35.4 Å². The quantitative estimate of drug-likeness (QED) is 0.745. The van der Waals surface area contributed by atoms with E-state index in [2.05, 4.69) is 0 Å². The molecule has 100 valence electrons. The Morgan fingerprint density at radius 1 is 1.22 bits per heavy atom. The number of ketones is 1. The van der Waals surface area contributed by atoms with E-state index in [1.165, 1.54) is 0 Å². The molecule has 0 fully saturated rings. The molecule has 3 nitrogen and oxygen atoms in total. The van der Waals surface area contributed by atoms with E-state index in [-0.39, 0.29) is 23.2 Å². The highest BCUT2D eigenvalue weighted by molar-refractivity contribution is 7.92. The Hall–Kier alpha value is -1.16. The first kappa shape index (κ1) is 14.9. The van der Waals surface area contributed by atoms with Crippen LogP contribution in [-0.4, -0.2) is 25.7 Å². The van der Waals surface area contributed by atoms with E-state index >= 15 is 0 Å². The van der Waals surface area contributed by atoms with Crippen LogP contribution in [0, 0.1) is 12.8 Å². The molecule has 0 amide bonds. The maximum atomic E-state index is 11.9. The predicted octanol–water partition coefficient (Wildman–Crippen LogP) is 2.64. The van der Waals surface area contributed by atoms with Crippen molar-refractivity contribution < 1.29 is 13.2 Å². The number of Topliss-reactive ketones (excluding diaryl/α,β-unsaturated/α-hetero) is 1. The van der Waals surface area contributed by atoms with Gasteiger partial charge in [-0.2, -0.15) is 0 Å². The summed E-state index contributed by atoms with van der Waals surface area (Å²) in [4.78, 5) is 11.9. The van der Waals surface area contributed by atoms with Gasteiger partial charge in [-0.15, -0.1) is 0 Å². The van der Waals surface area contributed by atoms with E-state index in [9.17, 15) is 13.2 Å². The number of aryl methyl sites for hydroxylation is 1. The van der Waals surface area contributed by atoms with Crippen LogP contribution in [0.4, 0.5) is 0 Å². The summed E-state index contributed by atoms with van der Waals surface area (Å²) < 4.78 is 23.7. The second-order valence-corrected chi connectivity index (χ2v) is 6.97. The fraction of sp³-hybridized carbons (Fsp3) is 0.500. The number of rotatable bonds is 6. The predicted molar refractivity (Wildman–Crippen MR) is 73.6 cm³/mol. The summed E-state index contributed by atoms with van der Waals surface area (Å²) in [6.07, 6.45) is 0.804. The molecule has 0 heterocycles. The first-order chi connectivity index (χ1) is 8.34. The minimum Gasteiger partial charge on any atom is -0.293 e. The Labute approximate surface area is 109 Å². The Morgan fingerprint density at radius 3 is 2.28 bits per heavy atom. The van der Waals surface area contributed by atoms with Gasteiger partial charge in [0.2, 0.25) is 0 Å². The zero-order chi connectivity index (χ0) is 13.8. The Balaban J connectivity index is 2.73. The molecule has 4 heteroatoms. The van der Waals surface area contributed by atoms with E-state index in [0.717, 1.165) is 12.0 Å². The summed E-state index contributed by atoms with van der Waals surface area (Å²) >= 11 is 0. The molecule has 0 aliphatic heterocycles. The SMILES string of the molecule is CCC(C)CS(=O)(=O)CC(=O)c1ccc(C)cc1. The Kier molecular flexibility index (Phi) is 5.08. The van der Waals surface area contributed by atoms with Crippen LogP contribution in [-0.2, 0) is 9.84 Å². The molecule has 0 saturated carbocycles. The number of carbonyl (C=O) groups is 1. The van der Waals surface area contributed by atoms with Crippen molar-refractivity contribution in [2.45, 2.75) is 27.2 Å². The van der Waals surface area contributed by atoms with Gasteiger partial charge < -0.3 is 0 Å². The topological polar surface area (TPSA) is 51.2 Å². The van der Waals surface area contributed by atoms with Crippen molar-refractivity contribution >= 4 is 15.6 Å². The summed E-state index contributed by atoms with van der Waals surface area (Å²) in [5.41, 5.74) is 1.52. The molecular weight excluding hydrogens is 248 g/mol. The molecule has 1 aromatic carbocycles. The van der Waals surface area contributed by atoms with Gasteiger partial charge in [-0.1, -0.05) is 50.1 Å². The van der Waals surface area contributed by atoms with Gasteiger partial charge in [-0.3, -0.25) is 4.79 Å². The summed E-state index contributed by atoms with van der Waals surface area (Å²) in [7, 11) is -3.30. The molecule has 0 bridgehead atoms. The Morgan fingerprint density at radius 2 is 1.78 bits per heavy atom. The maximum absolute atomic E-state index is 11.9. The molecule has 1 aromatic rings. The van der Waals surface area contributed by atoms with Gasteiger partial charge in [-0.05, 0) is 12.8 Å². The van der Waals surface area contributed by atoms with E-state index < -0.39 is 9.84 Å². The highest BCUT2D eigenvalue weighted by atomic mass is 32.2. The summed E-state index contributed by atoms with van der Waals surface area (Å²) in [6.45, 7) is 5.75. The first-order valence-corrected chi connectivity index (χ1v) is 7.96. The molecule has 0 spiro atoms. The summed E-state index contributed by atoms with van der Waals surface area (Å²) in [5, 5.41) is 0. The molecule has 1 rings (SSSR count). The molecular formula is C14H20O3S. The van der Waals surface area contributed by atoms with Crippen molar-refractivity contribution in [1.82, 2.24) is 0 Å². The van der Waals surface area contributed by atoms with Crippen LogP contribution in [0.5, 0.6) is 0 Å². The third-order valence-electron chi connectivity index (χ3n) is 2.96. The average Bonchev–Trinajstić information content (AvgIpc) is 2.28. The third kappa shape index (κ3) is 4.61. The van der Waals surface area contributed by atoms with E-state index in [1.54, 1.807) is 12.1 Å². The summed E-state index contributed by atoms with van der Waals surface area (Å²) in [6, 6.07) is 6.98. The highest BCUT2D eigenvalue weighted by Crippen LogP contribution is 2.10. The van der Waals surface area contributed by atoms with Crippen LogP contribution in [0.1, 0.15) is 36.2 Å². The van der Waals surface area contributed by atoms with Gasteiger partial charge in [0.1, 0.15) is 5.75 Å². The minimum absolute atomic E-state index is 0.0844. The van der Waals surface area contributed by atoms with E-state index in [4.69, 9.17) is 0 Å². The number of hydrogen-bond donors (Lipinski definition) is 0. The zero-order valence-corrected chi connectivity index (χ0v) is 12.0.